The molecule has 0 N–H and O–H groups in total. The number of rotatable bonds is 1. The molecule has 0 spiro atoms. The molecule has 1 aromatic carbocycles. The van der Waals surface area contributed by atoms with Crippen molar-refractivity contribution in [1.29, 1.82) is 0 Å². The largest absolute Gasteiger partial charge is 0.270 e. The quantitative estimate of drug-likeness (QED) is 0.405. The first-order chi connectivity index (χ1) is 6.88. The van der Waals surface area contributed by atoms with Crippen molar-refractivity contribution in [3.05, 3.63) is 39.9 Å². The van der Waals surface area contributed by atoms with Gasteiger partial charge in [-0.25, -0.2) is 8.42 Å². The van der Waals surface area contributed by atoms with Crippen molar-refractivity contribution in [3.63, 3.8) is 0 Å². The first-order valence-corrected chi connectivity index (χ1v) is 5.75. The third-order valence-electron chi connectivity index (χ3n) is 1.44. The maximum atomic E-state index is 10.7. The van der Waals surface area contributed by atoms with E-state index in [4.69, 9.17) is 0 Å². The van der Waals surface area contributed by atoms with Gasteiger partial charge >= 0.3 is 0 Å². The van der Waals surface area contributed by atoms with E-state index in [0.717, 1.165) is 6.26 Å². The lowest BCUT2D eigenvalue weighted by atomic mass is 10.2. The lowest BCUT2D eigenvalue weighted by Crippen LogP contribution is -1.90. The predicted molar refractivity (Wildman–Crippen MR) is 54.8 cm³/mol. The van der Waals surface area contributed by atoms with Gasteiger partial charge in [-0.3, -0.25) is 10.1 Å². The summed E-state index contributed by atoms with van der Waals surface area (Å²) in [7, 11) is -3.39. The molecule has 78 valence electrons. The highest BCUT2D eigenvalue weighted by atomic mass is 32.2. The molecule has 0 heterocycles. The summed E-state index contributed by atoms with van der Waals surface area (Å²) in [5.41, 5.74) is 0.185. The fraction of sp³-hybridized carbons (Fsp3) is 0.111. The van der Waals surface area contributed by atoms with Gasteiger partial charge in [-0.15, -0.1) is 0 Å². The Morgan fingerprint density at radius 3 is 2.60 bits per heavy atom. The average molecular weight is 225 g/mol. The summed E-state index contributed by atoms with van der Waals surface area (Å²) >= 11 is 0. The maximum Gasteiger partial charge on any atom is 0.270 e. The second kappa shape index (κ2) is 4.11. The van der Waals surface area contributed by atoms with E-state index in [1.165, 1.54) is 24.3 Å². The van der Waals surface area contributed by atoms with E-state index >= 15 is 0 Å². The third-order valence-corrected chi connectivity index (χ3v) is 1.91. The van der Waals surface area contributed by atoms with Crippen LogP contribution in [0.1, 0.15) is 5.56 Å². The number of nitro benzene ring substituents is 1. The van der Waals surface area contributed by atoms with Crippen molar-refractivity contribution >= 4 is 15.5 Å². The van der Waals surface area contributed by atoms with Crippen molar-refractivity contribution in [3.8, 4) is 11.2 Å². The average Bonchev–Trinajstić information content (AvgIpc) is 2.14. The molecular weight excluding hydrogens is 218 g/mol. The van der Waals surface area contributed by atoms with Crippen LogP contribution in [0.2, 0.25) is 0 Å². The Balaban J connectivity index is 3.11. The molecule has 6 heteroatoms. The number of sulfone groups is 1. The Labute approximate surface area is 86.8 Å². The van der Waals surface area contributed by atoms with Crippen LogP contribution in [0.15, 0.2) is 24.3 Å². The molecule has 1 rings (SSSR count). The summed E-state index contributed by atoms with van der Waals surface area (Å²) < 4.78 is 21.4. The van der Waals surface area contributed by atoms with Gasteiger partial charge in [0.25, 0.3) is 5.69 Å². The minimum atomic E-state index is -3.39. The number of non-ortho nitro benzene ring substituents is 1. The van der Waals surface area contributed by atoms with Gasteiger partial charge in [0.15, 0.2) is 0 Å². The Kier molecular flexibility index (Phi) is 3.07. The standard InChI is InChI=1S/C9H7NO4S/c1-15(13,14)6-5-8-3-2-4-9(7-8)10(11)12/h2-4,7H,1H3. The van der Waals surface area contributed by atoms with Gasteiger partial charge in [0.1, 0.15) is 0 Å². The lowest BCUT2D eigenvalue weighted by molar-refractivity contribution is -0.384. The van der Waals surface area contributed by atoms with E-state index in [1.807, 2.05) is 5.25 Å². The van der Waals surface area contributed by atoms with Crippen molar-refractivity contribution in [2.24, 2.45) is 0 Å². The van der Waals surface area contributed by atoms with Crippen LogP contribution in [-0.2, 0) is 9.84 Å². The van der Waals surface area contributed by atoms with Crippen molar-refractivity contribution in [2.75, 3.05) is 6.26 Å². The summed E-state index contributed by atoms with van der Waals surface area (Å²) in [5.74, 6) is 2.34. The predicted octanol–water partition coefficient (Wildman–Crippen LogP) is 0.948. The Hall–Kier alpha value is -1.87. The zero-order valence-corrected chi connectivity index (χ0v) is 8.61. The molecule has 0 amide bonds. The fourth-order valence-corrected chi connectivity index (χ4v) is 1.15. The zero-order valence-electron chi connectivity index (χ0n) is 7.80. The summed E-state index contributed by atoms with van der Waals surface area (Å²) in [6.07, 6.45) is 0.970. The van der Waals surface area contributed by atoms with E-state index < -0.39 is 14.8 Å². The second-order valence-corrected chi connectivity index (χ2v) is 4.56. The Morgan fingerprint density at radius 1 is 1.40 bits per heavy atom. The molecule has 0 saturated carbocycles. The third kappa shape index (κ3) is 3.79. The van der Waals surface area contributed by atoms with Crippen molar-refractivity contribution in [1.82, 2.24) is 0 Å². The molecule has 15 heavy (non-hydrogen) atoms. The van der Waals surface area contributed by atoms with Gasteiger partial charge < -0.3 is 0 Å². The highest BCUT2D eigenvalue weighted by Gasteiger charge is 2.03. The molecule has 0 saturated heterocycles. The topological polar surface area (TPSA) is 77.3 Å². The summed E-state index contributed by atoms with van der Waals surface area (Å²) in [5, 5.41) is 12.4. The minimum Gasteiger partial charge on any atom is -0.258 e. The maximum absolute atomic E-state index is 10.7. The molecule has 5 nitrogen and oxygen atoms in total. The number of hydrogen-bond acceptors (Lipinski definition) is 4. The fourth-order valence-electron chi connectivity index (χ4n) is 0.849. The molecule has 0 atom stereocenters. The van der Waals surface area contributed by atoms with Gasteiger partial charge in [-0.2, -0.15) is 0 Å². The van der Waals surface area contributed by atoms with Crippen LogP contribution in [-0.4, -0.2) is 19.6 Å². The SMILES string of the molecule is CS(=O)(=O)C#Cc1cccc([N+](=O)[O-])c1. The van der Waals surface area contributed by atoms with Crippen LogP contribution in [0.3, 0.4) is 0 Å². The molecule has 0 aliphatic heterocycles. The molecule has 1 aromatic rings. The first kappa shape index (κ1) is 11.2. The van der Waals surface area contributed by atoms with Crippen LogP contribution >= 0.6 is 0 Å². The van der Waals surface area contributed by atoms with E-state index in [9.17, 15) is 18.5 Å². The number of nitro groups is 1. The van der Waals surface area contributed by atoms with E-state index in [1.54, 1.807) is 0 Å². The van der Waals surface area contributed by atoms with Crippen LogP contribution in [0.25, 0.3) is 0 Å². The van der Waals surface area contributed by atoms with Gasteiger partial charge in [0.2, 0.25) is 9.84 Å². The van der Waals surface area contributed by atoms with Crippen LogP contribution < -0.4 is 0 Å². The zero-order chi connectivity index (χ0) is 11.5. The molecule has 0 bridgehead atoms. The normalized spacial score (nSPS) is 10.2. The van der Waals surface area contributed by atoms with Crippen molar-refractivity contribution < 1.29 is 13.3 Å². The highest BCUT2D eigenvalue weighted by molar-refractivity contribution is 7.95. The van der Waals surface area contributed by atoms with Crippen LogP contribution in [0.5, 0.6) is 0 Å². The summed E-state index contributed by atoms with van der Waals surface area (Å²) in [6, 6.07) is 5.49. The Bertz CT molecular complexity index is 551. The molecule has 0 aliphatic carbocycles. The molecule has 0 aliphatic rings. The van der Waals surface area contributed by atoms with Crippen molar-refractivity contribution in [2.45, 2.75) is 0 Å². The second-order valence-electron chi connectivity index (χ2n) is 2.81. The highest BCUT2D eigenvalue weighted by Crippen LogP contribution is 2.11. The minimum absolute atomic E-state index is 0.115. The van der Waals surface area contributed by atoms with Gasteiger partial charge in [0, 0.05) is 22.9 Å². The van der Waals surface area contributed by atoms with Gasteiger partial charge in [-0.1, -0.05) is 6.07 Å². The van der Waals surface area contributed by atoms with Gasteiger partial charge in [-0.05, 0) is 12.0 Å². The summed E-state index contributed by atoms with van der Waals surface area (Å²) in [4.78, 5) is 9.83. The smallest absolute Gasteiger partial charge is 0.258 e. The van der Waals surface area contributed by atoms with E-state index in [2.05, 4.69) is 5.92 Å². The lowest BCUT2D eigenvalue weighted by Gasteiger charge is -1.91. The Morgan fingerprint density at radius 2 is 2.07 bits per heavy atom. The monoisotopic (exact) mass is 225 g/mol. The first-order valence-electron chi connectivity index (χ1n) is 3.86. The molecule has 0 radical (unpaired) electrons. The molecule has 0 aromatic heterocycles. The summed E-state index contributed by atoms with van der Waals surface area (Å²) in [6.45, 7) is 0. The van der Waals surface area contributed by atoms with E-state index in [-0.39, 0.29) is 5.69 Å². The molecular formula is C9H7NO4S. The molecule has 0 unspecified atom stereocenters. The number of nitrogens with zero attached hydrogens (tertiary/aromatic N) is 1. The van der Waals surface area contributed by atoms with Crippen LogP contribution in [0, 0.1) is 21.3 Å². The number of hydrogen-bond donors (Lipinski definition) is 0. The number of benzene rings is 1. The van der Waals surface area contributed by atoms with E-state index in [0.29, 0.717) is 5.56 Å². The molecule has 0 fully saturated rings. The van der Waals surface area contributed by atoms with Crippen LogP contribution in [0.4, 0.5) is 5.69 Å². The van der Waals surface area contributed by atoms with Gasteiger partial charge in [0.05, 0.1) is 11.2 Å².